The molecule has 2 atom stereocenters. The van der Waals surface area contributed by atoms with Crippen molar-refractivity contribution < 1.29 is 13.5 Å². The minimum absolute atomic E-state index is 0. The van der Waals surface area contributed by atoms with Gasteiger partial charge in [0.1, 0.15) is 11.6 Å². The summed E-state index contributed by atoms with van der Waals surface area (Å²) >= 11 is 0. The number of rotatable bonds is 8. The summed E-state index contributed by atoms with van der Waals surface area (Å²) in [4.78, 5) is 8.82. The van der Waals surface area contributed by atoms with E-state index in [1.54, 1.807) is 4.90 Å². The Morgan fingerprint density at radius 2 is 1.83 bits per heavy atom. The zero-order valence-electron chi connectivity index (χ0n) is 17.8. The fourth-order valence-electron chi connectivity index (χ4n) is 3.26. The lowest BCUT2D eigenvalue weighted by molar-refractivity contribution is 0.0220. The number of hydrogen-bond donors (Lipinski definition) is 2. The molecule has 2 unspecified atom stereocenters. The average molecular weight is 525 g/mol. The van der Waals surface area contributed by atoms with Gasteiger partial charge in [-0.2, -0.15) is 0 Å². The molecule has 2 N–H and O–H groups in total. The van der Waals surface area contributed by atoms with Gasteiger partial charge < -0.3 is 20.3 Å². The number of nitrogens with one attached hydrogen (secondary N) is 2. The highest BCUT2D eigenvalue weighted by Gasteiger charge is 2.22. The highest BCUT2D eigenvalue weighted by Crippen LogP contribution is 2.23. The van der Waals surface area contributed by atoms with Gasteiger partial charge in [0.2, 0.25) is 0 Å². The van der Waals surface area contributed by atoms with E-state index >= 15 is 0 Å². The van der Waals surface area contributed by atoms with Crippen LogP contribution in [-0.4, -0.2) is 81.8 Å². The second-order valence-electron chi connectivity index (χ2n) is 7.21. The number of benzene rings is 1. The number of hydrogen-bond acceptors (Lipinski definition) is 4. The first-order valence-electron chi connectivity index (χ1n) is 9.88. The van der Waals surface area contributed by atoms with Crippen LogP contribution in [0, 0.1) is 11.6 Å². The Bertz CT molecular complexity index is 621. The molecule has 1 aliphatic rings. The van der Waals surface area contributed by atoms with Crippen LogP contribution in [0.5, 0.6) is 0 Å². The quantitative estimate of drug-likeness (QED) is 0.311. The van der Waals surface area contributed by atoms with Gasteiger partial charge in [0.05, 0.1) is 25.8 Å². The lowest BCUT2D eigenvalue weighted by Crippen LogP contribution is -2.45. The summed E-state index contributed by atoms with van der Waals surface area (Å²) < 4.78 is 33.9. The predicted molar refractivity (Wildman–Crippen MR) is 124 cm³/mol. The molecule has 0 aromatic heterocycles. The van der Waals surface area contributed by atoms with Crippen molar-refractivity contribution >= 4 is 29.9 Å². The highest BCUT2D eigenvalue weighted by molar-refractivity contribution is 14.0. The largest absolute Gasteiger partial charge is 0.379 e. The molecular weight excluding hydrogens is 491 g/mol. The molecule has 0 spiro atoms. The highest BCUT2D eigenvalue weighted by atomic mass is 127. The summed E-state index contributed by atoms with van der Waals surface area (Å²) in [5.41, 5.74) is 0.0672. The van der Waals surface area contributed by atoms with E-state index in [0.29, 0.717) is 31.6 Å². The number of morpholine rings is 1. The second kappa shape index (κ2) is 13.3. The number of guanidine groups is 1. The van der Waals surface area contributed by atoms with E-state index in [9.17, 15) is 8.78 Å². The fourth-order valence-corrected chi connectivity index (χ4v) is 3.26. The maximum atomic E-state index is 14.2. The van der Waals surface area contributed by atoms with Gasteiger partial charge in [0.15, 0.2) is 5.96 Å². The van der Waals surface area contributed by atoms with Gasteiger partial charge in [-0.15, -0.1) is 24.0 Å². The van der Waals surface area contributed by atoms with Crippen LogP contribution in [0.4, 0.5) is 8.78 Å². The monoisotopic (exact) mass is 525 g/mol. The van der Waals surface area contributed by atoms with Gasteiger partial charge in [-0.25, -0.2) is 8.78 Å². The first-order valence-corrected chi connectivity index (χ1v) is 9.88. The van der Waals surface area contributed by atoms with Crippen LogP contribution in [0.2, 0.25) is 0 Å². The van der Waals surface area contributed by atoms with Gasteiger partial charge >= 0.3 is 0 Å². The van der Waals surface area contributed by atoms with Crippen LogP contribution in [0.3, 0.4) is 0 Å². The fraction of sp³-hybridized carbons (Fsp3) is 0.650. The summed E-state index contributed by atoms with van der Waals surface area (Å²) in [6.45, 7) is 9.15. The summed E-state index contributed by atoms with van der Waals surface area (Å²) in [5, 5.41) is 6.44. The summed E-state index contributed by atoms with van der Waals surface area (Å²) in [7, 11) is 3.62. The molecule has 166 valence electrons. The molecule has 1 aromatic rings. The van der Waals surface area contributed by atoms with Crippen molar-refractivity contribution in [2.45, 2.75) is 25.9 Å². The van der Waals surface area contributed by atoms with Crippen LogP contribution in [0.15, 0.2) is 23.2 Å². The average Bonchev–Trinajstić information content (AvgIpc) is 2.68. The number of likely N-dealkylation sites (N-methyl/N-ethyl adjacent to an activating group) is 1. The molecule has 1 aliphatic heterocycles. The minimum Gasteiger partial charge on any atom is -0.379 e. The molecule has 1 fully saturated rings. The maximum Gasteiger partial charge on any atom is 0.191 e. The van der Waals surface area contributed by atoms with E-state index in [0.717, 1.165) is 26.3 Å². The van der Waals surface area contributed by atoms with Crippen molar-refractivity contribution in [3.8, 4) is 0 Å². The first-order chi connectivity index (χ1) is 13.4. The first kappa shape index (κ1) is 26.0. The van der Waals surface area contributed by atoms with Gasteiger partial charge in [-0.05, 0) is 40.1 Å². The topological polar surface area (TPSA) is 52.1 Å². The molecule has 0 aliphatic carbocycles. The molecule has 1 heterocycles. The molecule has 0 bridgehead atoms. The number of ether oxygens (including phenoxy) is 1. The Hall–Kier alpha value is -1.04. The van der Waals surface area contributed by atoms with E-state index in [1.807, 2.05) is 21.0 Å². The van der Waals surface area contributed by atoms with E-state index in [-0.39, 0.29) is 29.5 Å². The molecule has 9 heteroatoms. The molecule has 29 heavy (non-hydrogen) atoms. The van der Waals surface area contributed by atoms with E-state index in [4.69, 9.17) is 4.74 Å². The molecule has 0 amide bonds. The van der Waals surface area contributed by atoms with Gasteiger partial charge in [0.25, 0.3) is 0 Å². The van der Waals surface area contributed by atoms with Gasteiger partial charge in [0, 0.05) is 37.8 Å². The molecule has 2 rings (SSSR count). The van der Waals surface area contributed by atoms with Crippen LogP contribution in [0.1, 0.15) is 25.5 Å². The van der Waals surface area contributed by atoms with Crippen molar-refractivity contribution in [3.05, 3.63) is 35.4 Å². The zero-order valence-corrected chi connectivity index (χ0v) is 20.1. The molecular formula is C20H34F2IN5O. The van der Waals surface area contributed by atoms with E-state index in [1.165, 1.54) is 18.2 Å². The third-order valence-corrected chi connectivity index (χ3v) is 4.95. The number of aliphatic imine (C=N–C) groups is 1. The van der Waals surface area contributed by atoms with Crippen molar-refractivity contribution in [1.29, 1.82) is 0 Å². The summed E-state index contributed by atoms with van der Waals surface area (Å²) in [6, 6.07) is 3.80. The van der Waals surface area contributed by atoms with Crippen LogP contribution >= 0.6 is 24.0 Å². The SMILES string of the molecule is CCNC(=NCC(C)N1CCOCC1)NCC(c1c(F)cccc1F)N(C)C.I. The van der Waals surface area contributed by atoms with Crippen molar-refractivity contribution in [3.63, 3.8) is 0 Å². The Labute approximate surface area is 190 Å². The molecule has 6 nitrogen and oxygen atoms in total. The predicted octanol–water partition coefficient (Wildman–Crippen LogP) is 2.46. The molecule has 0 saturated carbocycles. The maximum absolute atomic E-state index is 14.2. The van der Waals surface area contributed by atoms with Crippen LogP contribution in [-0.2, 0) is 4.74 Å². The lowest BCUT2D eigenvalue weighted by atomic mass is 10.0. The third kappa shape index (κ3) is 7.95. The summed E-state index contributed by atoms with van der Waals surface area (Å²) in [5.74, 6) is -0.432. The lowest BCUT2D eigenvalue weighted by Gasteiger charge is -2.31. The Morgan fingerprint density at radius 1 is 1.21 bits per heavy atom. The van der Waals surface area contributed by atoms with E-state index in [2.05, 4.69) is 27.4 Å². The summed E-state index contributed by atoms with van der Waals surface area (Å²) in [6.07, 6.45) is 0. The normalized spacial score (nSPS) is 17.6. The Balaban J connectivity index is 0.00000420. The van der Waals surface area contributed by atoms with Crippen molar-refractivity contribution in [1.82, 2.24) is 20.4 Å². The van der Waals surface area contributed by atoms with Crippen molar-refractivity contribution in [2.75, 3.05) is 60.0 Å². The molecule has 1 aromatic carbocycles. The van der Waals surface area contributed by atoms with Crippen LogP contribution < -0.4 is 10.6 Å². The number of halogens is 3. The smallest absolute Gasteiger partial charge is 0.191 e. The Kier molecular flexibility index (Phi) is 11.9. The second-order valence-corrected chi connectivity index (χ2v) is 7.21. The number of nitrogens with zero attached hydrogens (tertiary/aromatic N) is 3. The van der Waals surface area contributed by atoms with Crippen molar-refractivity contribution in [2.24, 2.45) is 4.99 Å². The zero-order chi connectivity index (χ0) is 20.5. The van der Waals surface area contributed by atoms with E-state index < -0.39 is 17.7 Å². The van der Waals surface area contributed by atoms with Gasteiger partial charge in [-0.1, -0.05) is 6.07 Å². The molecule has 0 radical (unpaired) electrons. The molecule has 1 saturated heterocycles. The Morgan fingerprint density at radius 3 is 2.38 bits per heavy atom. The standard InChI is InChI=1S/C20H33F2N5O.HI/c1-5-23-20(24-13-15(2)27-9-11-28-12-10-27)25-14-18(26(3)4)19-16(21)7-6-8-17(19)22;/h6-8,15,18H,5,9-14H2,1-4H3,(H2,23,24,25);1H. The van der Waals surface area contributed by atoms with Gasteiger partial charge in [-0.3, -0.25) is 9.89 Å². The third-order valence-electron chi connectivity index (χ3n) is 4.95. The minimum atomic E-state index is -0.539. The van der Waals surface area contributed by atoms with Crippen LogP contribution in [0.25, 0.3) is 0 Å².